The van der Waals surface area contributed by atoms with E-state index in [9.17, 15) is 0 Å². The zero-order chi connectivity index (χ0) is 13.1. The van der Waals surface area contributed by atoms with Crippen LogP contribution in [0.4, 0.5) is 5.13 Å². The minimum atomic E-state index is 0.705. The zero-order valence-electron chi connectivity index (χ0n) is 11.3. The van der Waals surface area contributed by atoms with Crippen molar-refractivity contribution in [2.75, 3.05) is 18.5 Å². The van der Waals surface area contributed by atoms with E-state index in [4.69, 9.17) is 4.74 Å². The molecule has 0 atom stereocenters. The van der Waals surface area contributed by atoms with Crippen molar-refractivity contribution in [3.05, 3.63) is 18.2 Å². The van der Waals surface area contributed by atoms with Gasteiger partial charge in [-0.15, -0.1) is 0 Å². The summed E-state index contributed by atoms with van der Waals surface area (Å²) in [5, 5.41) is 4.48. The van der Waals surface area contributed by atoms with Crippen LogP contribution in [-0.4, -0.2) is 18.1 Å². The highest BCUT2D eigenvalue weighted by Gasteiger charge is 2.16. The van der Waals surface area contributed by atoms with E-state index in [0.717, 1.165) is 28.9 Å². The van der Waals surface area contributed by atoms with Gasteiger partial charge in [0.2, 0.25) is 0 Å². The average molecular weight is 276 g/mol. The fourth-order valence-electron chi connectivity index (χ4n) is 2.40. The van der Waals surface area contributed by atoms with Crippen LogP contribution in [0.15, 0.2) is 18.2 Å². The molecule has 1 N–H and O–H groups in total. The van der Waals surface area contributed by atoms with Crippen molar-refractivity contribution < 1.29 is 4.74 Å². The lowest BCUT2D eigenvalue weighted by molar-refractivity contribution is 0.303. The van der Waals surface area contributed by atoms with Crippen molar-refractivity contribution in [3.8, 4) is 5.75 Å². The first-order valence-electron chi connectivity index (χ1n) is 7.12. The summed E-state index contributed by atoms with van der Waals surface area (Å²) >= 11 is 1.71. The summed E-state index contributed by atoms with van der Waals surface area (Å²) in [6, 6.07) is 6.10. The van der Waals surface area contributed by atoms with E-state index in [1.807, 2.05) is 19.1 Å². The summed E-state index contributed by atoms with van der Waals surface area (Å²) in [5.74, 6) is 1.88. The van der Waals surface area contributed by atoms with Gasteiger partial charge < -0.3 is 10.1 Å². The number of thiazole rings is 1. The summed E-state index contributed by atoms with van der Waals surface area (Å²) in [7, 11) is 0. The van der Waals surface area contributed by atoms with Crippen molar-refractivity contribution >= 4 is 26.7 Å². The molecule has 0 aliphatic heterocycles. The molecule has 1 aromatic heterocycles. The van der Waals surface area contributed by atoms with Gasteiger partial charge >= 0.3 is 0 Å². The molecule has 1 heterocycles. The van der Waals surface area contributed by atoms with Crippen LogP contribution in [0.25, 0.3) is 10.2 Å². The van der Waals surface area contributed by atoms with Gasteiger partial charge in [-0.1, -0.05) is 30.6 Å². The van der Waals surface area contributed by atoms with E-state index < -0.39 is 0 Å². The van der Waals surface area contributed by atoms with E-state index in [1.54, 1.807) is 11.3 Å². The molecule has 0 unspecified atom stereocenters. The Labute approximate surface area is 118 Å². The van der Waals surface area contributed by atoms with E-state index in [-0.39, 0.29) is 0 Å². The minimum absolute atomic E-state index is 0.705. The van der Waals surface area contributed by atoms with Gasteiger partial charge in [0, 0.05) is 6.54 Å². The van der Waals surface area contributed by atoms with Crippen molar-refractivity contribution in [1.29, 1.82) is 0 Å². The Balaban J connectivity index is 1.63. The lowest BCUT2D eigenvalue weighted by atomic mass is 9.83. The first-order valence-corrected chi connectivity index (χ1v) is 7.94. The zero-order valence-corrected chi connectivity index (χ0v) is 12.1. The summed E-state index contributed by atoms with van der Waals surface area (Å²) in [5.41, 5.74) is 1.06. The van der Waals surface area contributed by atoms with Crippen molar-refractivity contribution in [2.45, 2.75) is 32.6 Å². The summed E-state index contributed by atoms with van der Waals surface area (Å²) < 4.78 is 6.71. The van der Waals surface area contributed by atoms with Gasteiger partial charge in [-0.2, -0.15) is 0 Å². The third kappa shape index (κ3) is 3.00. The van der Waals surface area contributed by atoms with Crippen LogP contribution in [0.2, 0.25) is 0 Å². The average Bonchev–Trinajstić information content (AvgIpc) is 2.74. The Morgan fingerprint density at radius 1 is 1.42 bits per heavy atom. The van der Waals surface area contributed by atoms with Crippen molar-refractivity contribution in [2.24, 2.45) is 5.92 Å². The lowest BCUT2D eigenvalue weighted by Gasteiger charge is -2.24. The Bertz CT molecular complexity index is 548. The van der Waals surface area contributed by atoms with Crippen LogP contribution >= 0.6 is 11.3 Å². The standard InChI is InChI=1S/C15H20N2OS/c1-2-18-12-6-7-13-14(10-12)19-15(17-13)16-9-8-11-4-3-5-11/h6-7,10-11H,2-5,8-9H2,1H3,(H,16,17). The van der Waals surface area contributed by atoms with Crippen LogP contribution in [0.1, 0.15) is 32.6 Å². The smallest absolute Gasteiger partial charge is 0.183 e. The van der Waals surface area contributed by atoms with Gasteiger partial charge in [0.1, 0.15) is 5.75 Å². The lowest BCUT2D eigenvalue weighted by Crippen LogP contribution is -2.15. The number of hydrogen-bond donors (Lipinski definition) is 1. The van der Waals surface area contributed by atoms with Crippen LogP contribution in [-0.2, 0) is 0 Å². The fourth-order valence-corrected chi connectivity index (χ4v) is 3.32. The molecule has 4 heteroatoms. The molecule has 3 nitrogen and oxygen atoms in total. The molecule has 1 aliphatic rings. The third-order valence-electron chi connectivity index (χ3n) is 3.72. The second-order valence-corrected chi connectivity index (χ2v) is 6.12. The maximum atomic E-state index is 5.52. The van der Waals surface area contributed by atoms with E-state index >= 15 is 0 Å². The molecule has 0 bridgehead atoms. The van der Waals surface area contributed by atoms with Gasteiger partial charge in [-0.25, -0.2) is 4.98 Å². The van der Waals surface area contributed by atoms with Gasteiger partial charge in [0.05, 0.1) is 16.8 Å². The molecule has 0 saturated heterocycles. The Morgan fingerprint density at radius 2 is 2.32 bits per heavy atom. The Hall–Kier alpha value is -1.29. The number of nitrogens with one attached hydrogen (secondary N) is 1. The molecule has 2 aromatic rings. The van der Waals surface area contributed by atoms with E-state index in [1.165, 1.54) is 30.4 Å². The van der Waals surface area contributed by atoms with Crippen LogP contribution < -0.4 is 10.1 Å². The molecule has 0 spiro atoms. The summed E-state index contributed by atoms with van der Waals surface area (Å²) in [6.07, 6.45) is 5.53. The second kappa shape index (κ2) is 5.78. The number of aromatic nitrogens is 1. The number of nitrogens with zero attached hydrogens (tertiary/aromatic N) is 1. The van der Waals surface area contributed by atoms with Gasteiger partial charge in [-0.3, -0.25) is 0 Å². The molecule has 0 amide bonds. The maximum absolute atomic E-state index is 5.52. The van der Waals surface area contributed by atoms with Crippen LogP contribution in [0.3, 0.4) is 0 Å². The third-order valence-corrected chi connectivity index (χ3v) is 4.70. The minimum Gasteiger partial charge on any atom is -0.494 e. The predicted molar refractivity (Wildman–Crippen MR) is 81.2 cm³/mol. The molecule has 1 saturated carbocycles. The van der Waals surface area contributed by atoms with Crippen molar-refractivity contribution in [3.63, 3.8) is 0 Å². The Kier molecular flexibility index (Phi) is 3.87. The SMILES string of the molecule is CCOc1ccc2nc(NCCC3CCC3)sc2c1. The predicted octanol–water partition coefficient (Wildman–Crippen LogP) is 4.30. The highest BCUT2D eigenvalue weighted by atomic mass is 32.1. The number of fused-ring (bicyclic) bond motifs is 1. The van der Waals surface area contributed by atoms with Gasteiger partial charge in [0.15, 0.2) is 5.13 Å². The normalized spacial score (nSPS) is 15.4. The first-order chi connectivity index (χ1) is 9.35. The number of rotatable bonds is 6. The number of anilines is 1. The number of benzene rings is 1. The van der Waals surface area contributed by atoms with E-state index in [2.05, 4.69) is 16.4 Å². The number of hydrogen-bond acceptors (Lipinski definition) is 4. The monoisotopic (exact) mass is 276 g/mol. The van der Waals surface area contributed by atoms with Gasteiger partial charge in [0.25, 0.3) is 0 Å². The number of ether oxygens (including phenoxy) is 1. The summed E-state index contributed by atoms with van der Waals surface area (Å²) in [4.78, 5) is 4.61. The Morgan fingerprint density at radius 3 is 3.05 bits per heavy atom. The summed E-state index contributed by atoms with van der Waals surface area (Å²) in [6.45, 7) is 3.75. The molecule has 1 fully saturated rings. The van der Waals surface area contributed by atoms with Crippen LogP contribution in [0.5, 0.6) is 5.75 Å². The fraction of sp³-hybridized carbons (Fsp3) is 0.533. The van der Waals surface area contributed by atoms with E-state index in [0.29, 0.717) is 6.61 Å². The highest BCUT2D eigenvalue weighted by molar-refractivity contribution is 7.22. The molecular formula is C15H20N2OS. The second-order valence-electron chi connectivity index (χ2n) is 5.09. The molecular weight excluding hydrogens is 256 g/mol. The molecule has 1 aliphatic carbocycles. The first kappa shape index (κ1) is 12.7. The molecule has 0 radical (unpaired) electrons. The maximum Gasteiger partial charge on any atom is 0.183 e. The van der Waals surface area contributed by atoms with Gasteiger partial charge in [-0.05, 0) is 37.5 Å². The molecule has 19 heavy (non-hydrogen) atoms. The molecule has 1 aromatic carbocycles. The molecule has 102 valence electrons. The quantitative estimate of drug-likeness (QED) is 0.854. The molecule has 3 rings (SSSR count). The largest absolute Gasteiger partial charge is 0.494 e. The topological polar surface area (TPSA) is 34.1 Å². The van der Waals surface area contributed by atoms with Crippen LogP contribution in [0, 0.1) is 5.92 Å². The van der Waals surface area contributed by atoms with Crippen molar-refractivity contribution in [1.82, 2.24) is 4.98 Å². The highest BCUT2D eigenvalue weighted by Crippen LogP contribution is 2.31.